The highest BCUT2D eigenvalue weighted by atomic mass is 16.1. The van der Waals surface area contributed by atoms with Gasteiger partial charge in [0.1, 0.15) is 0 Å². The lowest BCUT2D eigenvalue weighted by atomic mass is 9.81. The van der Waals surface area contributed by atoms with Crippen LogP contribution >= 0.6 is 0 Å². The maximum absolute atomic E-state index is 12.0. The molecule has 2 heteroatoms. The van der Waals surface area contributed by atoms with E-state index in [1.807, 2.05) is 31.2 Å². The fraction of sp³-hybridized carbons (Fsp3) is 0.143. The van der Waals surface area contributed by atoms with Crippen LogP contribution in [0.5, 0.6) is 0 Å². The lowest BCUT2D eigenvalue weighted by molar-refractivity contribution is -0.111. The summed E-state index contributed by atoms with van der Waals surface area (Å²) in [4.78, 5) is 16.4. The Morgan fingerprint density at radius 2 is 2.06 bits per heavy atom. The molecule has 1 heterocycles. The molecule has 2 nitrogen and oxygen atoms in total. The summed E-state index contributed by atoms with van der Waals surface area (Å²) in [5.74, 6) is 0.307. The summed E-state index contributed by atoms with van der Waals surface area (Å²) < 4.78 is 0. The number of hydrogen-bond donors (Lipinski definition) is 0. The molecule has 1 unspecified atom stereocenters. The molecule has 0 saturated heterocycles. The van der Waals surface area contributed by atoms with Crippen LogP contribution < -0.4 is 0 Å². The van der Waals surface area contributed by atoms with Crippen molar-refractivity contribution in [2.45, 2.75) is 6.92 Å². The van der Waals surface area contributed by atoms with Gasteiger partial charge in [0.25, 0.3) is 0 Å². The van der Waals surface area contributed by atoms with E-state index in [2.05, 4.69) is 17.1 Å². The molecule has 0 amide bonds. The average molecular weight is 209 g/mol. The van der Waals surface area contributed by atoms with E-state index in [4.69, 9.17) is 0 Å². The van der Waals surface area contributed by atoms with Crippen molar-refractivity contribution in [1.29, 1.82) is 0 Å². The van der Waals surface area contributed by atoms with Crippen molar-refractivity contribution in [2.75, 3.05) is 0 Å². The van der Waals surface area contributed by atoms with Gasteiger partial charge in [-0.15, -0.1) is 0 Å². The Balaban J connectivity index is 2.21. The minimum atomic E-state index is 0.0757. The molecule has 1 atom stereocenters. The van der Waals surface area contributed by atoms with Gasteiger partial charge in [0.2, 0.25) is 0 Å². The Morgan fingerprint density at radius 1 is 1.19 bits per heavy atom. The number of ketones is 1. The van der Waals surface area contributed by atoms with E-state index in [1.54, 1.807) is 6.08 Å². The van der Waals surface area contributed by atoms with Crippen molar-refractivity contribution >= 4 is 11.5 Å². The number of nitrogens with zero attached hydrogens (tertiary/aromatic N) is 1. The van der Waals surface area contributed by atoms with Crippen LogP contribution in [0.25, 0.3) is 0 Å². The van der Waals surface area contributed by atoms with Gasteiger partial charge in [-0.25, -0.2) is 0 Å². The molecule has 0 N–H and O–H groups in total. The van der Waals surface area contributed by atoms with Crippen molar-refractivity contribution in [2.24, 2.45) is 10.9 Å². The van der Waals surface area contributed by atoms with Gasteiger partial charge < -0.3 is 0 Å². The van der Waals surface area contributed by atoms with Crippen LogP contribution in [0.4, 0.5) is 0 Å². The first-order valence-electron chi connectivity index (χ1n) is 5.34. The summed E-state index contributed by atoms with van der Waals surface area (Å²) in [7, 11) is 0. The summed E-state index contributed by atoms with van der Waals surface area (Å²) in [5.41, 5.74) is 3.41. The van der Waals surface area contributed by atoms with Gasteiger partial charge in [0.05, 0.1) is 11.3 Å². The second-order valence-corrected chi connectivity index (χ2v) is 4.11. The molecular weight excluding hydrogens is 198 g/mol. The van der Waals surface area contributed by atoms with Gasteiger partial charge in [-0.3, -0.25) is 9.79 Å². The zero-order chi connectivity index (χ0) is 11.1. The molecule has 0 saturated carbocycles. The molecule has 0 fully saturated rings. The zero-order valence-electron chi connectivity index (χ0n) is 8.97. The number of rotatable bonds is 0. The molecule has 0 spiro atoms. The highest BCUT2D eigenvalue weighted by molar-refractivity contribution is 6.32. The van der Waals surface area contributed by atoms with Crippen LogP contribution in [0.2, 0.25) is 0 Å². The molecule has 0 radical (unpaired) electrons. The molecule has 16 heavy (non-hydrogen) atoms. The molecule has 3 rings (SSSR count). The topological polar surface area (TPSA) is 29.4 Å². The Kier molecular flexibility index (Phi) is 1.90. The molecule has 3 aliphatic rings. The van der Waals surface area contributed by atoms with Crippen molar-refractivity contribution in [1.82, 2.24) is 0 Å². The Hall–Kier alpha value is -1.96. The van der Waals surface area contributed by atoms with E-state index in [1.165, 1.54) is 0 Å². The quantitative estimate of drug-likeness (QED) is 0.602. The summed E-state index contributed by atoms with van der Waals surface area (Å²) in [6.45, 7) is 1.85. The summed E-state index contributed by atoms with van der Waals surface area (Å²) >= 11 is 0. The van der Waals surface area contributed by atoms with Crippen LogP contribution in [0, 0.1) is 5.92 Å². The third kappa shape index (κ3) is 1.27. The van der Waals surface area contributed by atoms with Crippen LogP contribution in [0.3, 0.4) is 0 Å². The van der Waals surface area contributed by atoms with E-state index >= 15 is 0 Å². The SMILES string of the molecule is CC1=CC(=O)C2=C3C=CC=CC3C=CC2=N1. The number of carbonyl (C=O) groups is 1. The van der Waals surface area contributed by atoms with Gasteiger partial charge in [-0.2, -0.15) is 0 Å². The number of carbonyl (C=O) groups excluding carboxylic acids is 1. The normalized spacial score (nSPS) is 26.3. The van der Waals surface area contributed by atoms with E-state index < -0.39 is 0 Å². The largest absolute Gasteiger partial charge is 0.289 e. The van der Waals surface area contributed by atoms with Crippen molar-refractivity contribution < 1.29 is 4.79 Å². The van der Waals surface area contributed by atoms with E-state index in [-0.39, 0.29) is 11.7 Å². The average Bonchev–Trinajstić information content (AvgIpc) is 2.28. The first-order valence-corrected chi connectivity index (χ1v) is 5.34. The van der Waals surface area contributed by atoms with Crippen molar-refractivity contribution in [3.05, 3.63) is 59.4 Å². The van der Waals surface area contributed by atoms with Crippen LogP contribution in [0.15, 0.2) is 64.4 Å². The first-order chi connectivity index (χ1) is 7.75. The van der Waals surface area contributed by atoms with E-state index in [9.17, 15) is 4.79 Å². The highest BCUT2D eigenvalue weighted by Gasteiger charge is 2.27. The summed E-state index contributed by atoms with van der Waals surface area (Å²) in [5, 5.41) is 0. The number of hydrogen-bond acceptors (Lipinski definition) is 2. The zero-order valence-corrected chi connectivity index (χ0v) is 8.97. The smallest absolute Gasteiger partial charge is 0.190 e. The van der Waals surface area contributed by atoms with Crippen molar-refractivity contribution in [3.63, 3.8) is 0 Å². The predicted octanol–water partition coefficient (Wildman–Crippen LogP) is 2.52. The van der Waals surface area contributed by atoms with Gasteiger partial charge in [0, 0.05) is 17.7 Å². The van der Waals surface area contributed by atoms with Crippen molar-refractivity contribution in [3.8, 4) is 0 Å². The van der Waals surface area contributed by atoms with E-state index in [0.29, 0.717) is 0 Å². The summed E-state index contributed by atoms with van der Waals surface area (Å²) in [6, 6.07) is 0. The Bertz CT molecular complexity index is 553. The monoisotopic (exact) mass is 209 g/mol. The maximum Gasteiger partial charge on any atom is 0.190 e. The fourth-order valence-electron chi connectivity index (χ4n) is 2.25. The number of allylic oxidation sites excluding steroid dienone is 10. The highest BCUT2D eigenvalue weighted by Crippen LogP contribution is 2.31. The molecule has 0 aromatic carbocycles. The van der Waals surface area contributed by atoms with Crippen LogP contribution in [0.1, 0.15) is 6.92 Å². The third-order valence-corrected chi connectivity index (χ3v) is 2.95. The number of fused-ring (bicyclic) bond motifs is 2. The second-order valence-electron chi connectivity index (χ2n) is 4.11. The molecule has 0 bridgehead atoms. The fourth-order valence-corrected chi connectivity index (χ4v) is 2.25. The predicted molar refractivity (Wildman–Crippen MR) is 64.1 cm³/mol. The van der Waals surface area contributed by atoms with Crippen LogP contribution in [-0.2, 0) is 4.79 Å². The van der Waals surface area contributed by atoms with Gasteiger partial charge >= 0.3 is 0 Å². The number of aliphatic imine (C=N–C) groups is 1. The Labute approximate surface area is 94.1 Å². The minimum Gasteiger partial charge on any atom is -0.289 e. The second kappa shape index (κ2) is 3.27. The van der Waals surface area contributed by atoms with Gasteiger partial charge in [0.15, 0.2) is 5.78 Å². The summed E-state index contributed by atoms with van der Waals surface area (Å²) in [6.07, 6.45) is 13.7. The van der Waals surface area contributed by atoms with Gasteiger partial charge in [-0.1, -0.05) is 30.4 Å². The van der Waals surface area contributed by atoms with Gasteiger partial charge in [-0.05, 0) is 18.6 Å². The molecule has 1 aliphatic heterocycles. The molecule has 78 valence electrons. The molecule has 0 aromatic heterocycles. The Morgan fingerprint density at radius 3 is 2.94 bits per heavy atom. The third-order valence-electron chi connectivity index (χ3n) is 2.95. The molecular formula is C14H11NO. The first kappa shape index (κ1) is 9.28. The lowest BCUT2D eigenvalue weighted by Crippen LogP contribution is -2.22. The van der Waals surface area contributed by atoms with Crippen LogP contribution in [-0.4, -0.2) is 11.5 Å². The minimum absolute atomic E-state index is 0.0757. The van der Waals surface area contributed by atoms with E-state index in [0.717, 1.165) is 22.6 Å². The molecule has 2 aliphatic carbocycles. The maximum atomic E-state index is 12.0. The lowest BCUT2D eigenvalue weighted by Gasteiger charge is -2.23. The standard InChI is InChI=1S/C14H11NO/c1-9-8-13(16)14-11-5-3-2-4-10(11)6-7-12(14)15-9/h2-8,10H,1H3. The molecule has 0 aromatic rings.